The number of benzene rings is 1. The number of urea groups is 1. The van der Waals surface area contributed by atoms with Gasteiger partial charge in [0.15, 0.2) is 0 Å². The summed E-state index contributed by atoms with van der Waals surface area (Å²) in [5, 5.41) is 12.1. The van der Waals surface area contributed by atoms with E-state index in [1.54, 1.807) is 0 Å². The van der Waals surface area contributed by atoms with E-state index in [2.05, 4.69) is 5.32 Å². The third-order valence-corrected chi connectivity index (χ3v) is 5.29. The number of hydrogen-bond acceptors (Lipinski definition) is 4. The lowest BCUT2D eigenvalue weighted by Gasteiger charge is -2.43. The zero-order valence-corrected chi connectivity index (χ0v) is 15.4. The molecule has 1 heterocycles. The smallest absolute Gasteiger partial charge is 0.318 e. The highest BCUT2D eigenvalue weighted by molar-refractivity contribution is 5.75. The molecular weight excluding hydrogens is 334 g/mol. The molecule has 2 amide bonds. The Hall–Kier alpha value is -2.28. The number of fused-ring (bicyclic) bond motifs is 1. The van der Waals surface area contributed by atoms with E-state index in [-0.39, 0.29) is 30.7 Å². The molecule has 7 nitrogen and oxygen atoms in total. The van der Waals surface area contributed by atoms with Gasteiger partial charge in [-0.1, -0.05) is 25.1 Å². The number of aliphatic carboxylic acids is 1. The van der Waals surface area contributed by atoms with Crippen LogP contribution in [0.25, 0.3) is 0 Å². The Morgan fingerprint density at radius 3 is 2.77 bits per heavy atom. The van der Waals surface area contributed by atoms with Gasteiger partial charge >= 0.3 is 12.0 Å². The maximum atomic E-state index is 12.7. The van der Waals surface area contributed by atoms with Gasteiger partial charge in [-0.3, -0.25) is 9.69 Å². The molecule has 26 heavy (non-hydrogen) atoms. The summed E-state index contributed by atoms with van der Waals surface area (Å²) in [6.07, 6.45) is 1.59. The maximum Gasteiger partial charge on any atom is 0.318 e. The van der Waals surface area contributed by atoms with E-state index in [4.69, 9.17) is 9.84 Å². The molecule has 142 valence electrons. The number of carboxylic acid groups (broad SMARTS) is 1. The van der Waals surface area contributed by atoms with Gasteiger partial charge in [0, 0.05) is 17.6 Å². The van der Waals surface area contributed by atoms with Crippen LogP contribution in [0.1, 0.15) is 32.3 Å². The highest BCUT2D eigenvalue weighted by Gasteiger charge is 2.36. The summed E-state index contributed by atoms with van der Waals surface area (Å²) < 4.78 is 5.80. The topological polar surface area (TPSA) is 82.1 Å². The molecule has 1 fully saturated rings. The van der Waals surface area contributed by atoms with Crippen molar-refractivity contribution in [3.8, 4) is 5.75 Å². The summed E-state index contributed by atoms with van der Waals surface area (Å²) in [7, 11) is 0. The Morgan fingerprint density at radius 1 is 1.35 bits per heavy atom. The van der Waals surface area contributed by atoms with Crippen LogP contribution in [0.2, 0.25) is 0 Å². The number of ether oxygens (including phenoxy) is 1. The van der Waals surface area contributed by atoms with Crippen molar-refractivity contribution in [2.45, 2.75) is 51.4 Å². The molecule has 0 saturated heterocycles. The Morgan fingerprint density at radius 2 is 2.08 bits per heavy atom. The summed E-state index contributed by atoms with van der Waals surface area (Å²) in [5.74, 6) is 0.0296. The third kappa shape index (κ3) is 4.09. The van der Waals surface area contributed by atoms with Gasteiger partial charge in [0.05, 0.1) is 19.1 Å². The molecule has 2 N–H and O–H groups in total. The fraction of sp³-hybridized carbons (Fsp3) is 0.579. The molecule has 0 radical (unpaired) electrons. The minimum absolute atomic E-state index is 0.0163. The second-order valence-corrected chi connectivity index (χ2v) is 7.12. The van der Waals surface area contributed by atoms with Gasteiger partial charge in [0.2, 0.25) is 0 Å². The van der Waals surface area contributed by atoms with E-state index >= 15 is 0 Å². The average Bonchev–Trinajstić information content (AvgIpc) is 2.75. The molecule has 0 spiro atoms. The fourth-order valence-electron chi connectivity index (χ4n) is 3.62. The minimum Gasteiger partial charge on any atom is -0.491 e. The number of rotatable bonds is 5. The van der Waals surface area contributed by atoms with Gasteiger partial charge < -0.3 is 20.1 Å². The van der Waals surface area contributed by atoms with Crippen molar-refractivity contribution < 1.29 is 19.4 Å². The van der Waals surface area contributed by atoms with Crippen molar-refractivity contribution in [1.82, 2.24) is 15.1 Å². The van der Waals surface area contributed by atoms with Crippen LogP contribution in [-0.4, -0.2) is 64.7 Å². The summed E-state index contributed by atoms with van der Waals surface area (Å²) in [4.78, 5) is 27.4. The van der Waals surface area contributed by atoms with Gasteiger partial charge in [-0.2, -0.15) is 0 Å². The van der Waals surface area contributed by atoms with E-state index in [1.165, 1.54) is 0 Å². The summed E-state index contributed by atoms with van der Waals surface area (Å²) >= 11 is 0. The first-order valence-electron chi connectivity index (χ1n) is 9.21. The van der Waals surface area contributed by atoms with Gasteiger partial charge in [0.25, 0.3) is 0 Å². The average molecular weight is 361 g/mol. The fourth-order valence-corrected chi connectivity index (χ4v) is 3.62. The quantitative estimate of drug-likeness (QED) is 0.837. The van der Waals surface area contributed by atoms with Crippen LogP contribution in [-0.2, 0) is 11.3 Å². The van der Waals surface area contributed by atoms with Gasteiger partial charge in [-0.25, -0.2) is 4.79 Å². The lowest BCUT2D eigenvalue weighted by atomic mass is 9.85. The summed E-state index contributed by atoms with van der Waals surface area (Å²) in [6.45, 7) is 5.71. The van der Waals surface area contributed by atoms with Crippen molar-refractivity contribution in [2.75, 3.05) is 19.7 Å². The highest BCUT2D eigenvalue weighted by Crippen LogP contribution is 2.27. The first-order valence-corrected chi connectivity index (χ1v) is 9.21. The van der Waals surface area contributed by atoms with Crippen molar-refractivity contribution in [3.63, 3.8) is 0 Å². The van der Waals surface area contributed by atoms with E-state index in [1.807, 2.05) is 47.9 Å². The molecule has 3 rings (SSSR count). The van der Waals surface area contributed by atoms with Crippen molar-refractivity contribution in [2.24, 2.45) is 0 Å². The normalized spacial score (nSPS) is 24.9. The Kier molecular flexibility index (Phi) is 5.66. The van der Waals surface area contributed by atoms with Crippen molar-refractivity contribution in [3.05, 3.63) is 29.8 Å². The number of likely N-dealkylation sites (N-methyl/N-ethyl adjacent to an activating group) is 1. The van der Waals surface area contributed by atoms with E-state index in [9.17, 15) is 9.59 Å². The molecule has 1 saturated carbocycles. The molecular formula is C19H27N3O4. The standard InChI is InChI=1S/C19H27N3O4/c1-3-21(11-18(23)24)16-8-15(9-16)20-19(25)22-10-14-6-4-5-7-17(14)26-12-13(22)2/h4-7,13,15-16H,3,8-12H2,1-2H3,(H,20,25)(H,23,24). The number of amides is 2. The van der Waals surface area contributed by atoms with E-state index in [0.29, 0.717) is 19.7 Å². The van der Waals surface area contributed by atoms with E-state index < -0.39 is 5.97 Å². The zero-order valence-electron chi connectivity index (χ0n) is 15.4. The van der Waals surface area contributed by atoms with Crippen LogP contribution < -0.4 is 10.1 Å². The summed E-state index contributed by atoms with van der Waals surface area (Å²) in [5.41, 5.74) is 1.01. The number of carbonyl (C=O) groups is 2. The number of nitrogens with zero attached hydrogens (tertiary/aromatic N) is 2. The van der Waals surface area contributed by atoms with Crippen molar-refractivity contribution >= 4 is 12.0 Å². The number of para-hydroxylation sites is 1. The van der Waals surface area contributed by atoms with Crippen LogP contribution in [0, 0.1) is 0 Å². The second-order valence-electron chi connectivity index (χ2n) is 7.12. The molecule has 1 atom stereocenters. The molecule has 1 aromatic rings. The third-order valence-electron chi connectivity index (χ3n) is 5.29. The molecule has 0 bridgehead atoms. The molecule has 1 unspecified atom stereocenters. The molecule has 0 aromatic heterocycles. The molecule has 7 heteroatoms. The van der Waals surface area contributed by atoms with Gasteiger partial charge in [-0.15, -0.1) is 0 Å². The van der Waals surface area contributed by atoms with Crippen LogP contribution in [0.15, 0.2) is 24.3 Å². The predicted molar refractivity (Wildman–Crippen MR) is 97.2 cm³/mol. The Balaban J connectivity index is 1.55. The van der Waals surface area contributed by atoms with Crippen molar-refractivity contribution in [1.29, 1.82) is 0 Å². The van der Waals surface area contributed by atoms with Gasteiger partial charge in [-0.05, 0) is 32.4 Å². The Bertz CT molecular complexity index is 660. The molecule has 1 aliphatic carbocycles. The number of nitrogens with one attached hydrogen (secondary N) is 1. The first-order chi connectivity index (χ1) is 12.5. The molecule has 1 aromatic carbocycles. The molecule has 2 aliphatic rings. The zero-order chi connectivity index (χ0) is 18.7. The van der Waals surface area contributed by atoms with Crippen LogP contribution in [0.3, 0.4) is 0 Å². The first kappa shape index (κ1) is 18.5. The van der Waals surface area contributed by atoms with Gasteiger partial charge in [0.1, 0.15) is 12.4 Å². The largest absolute Gasteiger partial charge is 0.491 e. The highest BCUT2D eigenvalue weighted by atomic mass is 16.5. The lowest BCUT2D eigenvalue weighted by molar-refractivity contribution is -0.139. The SMILES string of the molecule is CCN(CC(=O)O)C1CC(NC(=O)N2Cc3ccccc3OCC2C)C1. The summed E-state index contributed by atoms with van der Waals surface area (Å²) in [6, 6.07) is 8.03. The van der Waals surface area contributed by atoms with Crippen LogP contribution in [0.5, 0.6) is 5.75 Å². The van der Waals surface area contributed by atoms with E-state index in [0.717, 1.165) is 24.2 Å². The molecule has 1 aliphatic heterocycles. The monoisotopic (exact) mass is 361 g/mol. The number of hydrogen-bond donors (Lipinski definition) is 2. The Labute approximate surface area is 153 Å². The lowest BCUT2D eigenvalue weighted by Crippen LogP contribution is -2.57. The second kappa shape index (κ2) is 7.95. The van der Waals surface area contributed by atoms with Crippen LogP contribution >= 0.6 is 0 Å². The maximum absolute atomic E-state index is 12.7. The number of carbonyl (C=O) groups excluding carboxylic acids is 1. The van der Waals surface area contributed by atoms with Crippen LogP contribution in [0.4, 0.5) is 4.79 Å². The predicted octanol–water partition coefficient (Wildman–Crippen LogP) is 1.92. The minimum atomic E-state index is -0.809. The number of carboxylic acids is 1.